The maximum absolute atomic E-state index is 13.4. The van der Waals surface area contributed by atoms with E-state index >= 15 is 0 Å². The number of carbonyl (C=O) groups excluding carboxylic acids is 1. The highest BCUT2D eigenvalue weighted by molar-refractivity contribution is 6.31. The van der Waals surface area contributed by atoms with Crippen LogP contribution in [0.2, 0.25) is 5.02 Å². The van der Waals surface area contributed by atoms with Crippen LogP contribution < -0.4 is 29.7 Å². The zero-order chi connectivity index (χ0) is 25.7. The second-order valence-electron chi connectivity index (χ2n) is 7.57. The van der Waals surface area contributed by atoms with Gasteiger partial charge in [-0.1, -0.05) is 23.7 Å². The molecule has 1 N–H and O–H groups in total. The smallest absolute Gasteiger partial charge is 0.262 e. The van der Waals surface area contributed by atoms with E-state index in [0.29, 0.717) is 45.7 Å². The molecule has 1 aromatic heterocycles. The molecule has 0 aliphatic rings. The summed E-state index contributed by atoms with van der Waals surface area (Å²) in [6.07, 6.45) is 0. The lowest BCUT2D eigenvalue weighted by atomic mass is 10.1. The average Bonchev–Trinajstić information content (AvgIpc) is 2.89. The van der Waals surface area contributed by atoms with Crippen LogP contribution in [0, 0.1) is 0 Å². The van der Waals surface area contributed by atoms with Crippen LogP contribution in [0.4, 0.5) is 5.69 Å². The highest BCUT2D eigenvalue weighted by Gasteiger charge is 2.21. The highest BCUT2D eigenvalue weighted by Crippen LogP contribution is 2.37. The van der Waals surface area contributed by atoms with E-state index in [9.17, 15) is 9.59 Å². The third-order valence-corrected chi connectivity index (χ3v) is 5.50. The molecule has 0 radical (unpaired) electrons. The zero-order valence-electron chi connectivity index (χ0n) is 19.9. The number of hydrogen-bond acceptors (Lipinski definition) is 7. The zero-order valence-corrected chi connectivity index (χ0v) is 20.7. The van der Waals surface area contributed by atoms with Gasteiger partial charge in [-0.3, -0.25) is 9.59 Å². The summed E-state index contributed by atoms with van der Waals surface area (Å²) in [7, 11) is 3.02. The molecule has 1 heterocycles. The van der Waals surface area contributed by atoms with Gasteiger partial charge in [0.1, 0.15) is 11.3 Å². The van der Waals surface area contributed by atoms with Gasteiger partial charge in [-0.25, -0.2) is 0 Å². The molecule has 0 spiro atoms. The van der Waals surface area contributed by atoms with Crippen molar-refractivity contribution in [1.82, 2.24) is 0 Å². The van der Waals surface area contributed by atoms with Crippen molar-refractivity contribution in [1.29, 1.82) is 0 Å². The third-order valence-electron chi connectivity index (χ3n) is 5.27. The Kier molecular flexibility index (Phi) is 7.65. The van der Waals surface area contributed by atoms with E-state index in [1.54, 1.807) is 54.6 Å². The summed E-state index contributed by atoms with van der Waals surface area (Å²) in [5.41, 5.74) is 0.840. The van der Waals surface area contributed by atoms with Crippen molar-refractivity contribution in [3.05, 3.63) is 75.9 Å². The first-order valence-corrected chi connectivity index (χ1v) is 11.5. The molecule has 9 heteroatoms. The molecule has 0 saturated heterocycles. The van der Waals surface area contributed by atoms with Crippen LogP contribution in [0.15, 0.2) is 69.9 Å². The Morgan fingerprint density at radius 1 is 0.944 bits per heavy atom. The van der Waals surface area contributed by atoms with Gasteiger partial charge in [0.05, 0.1) is 31.9 Å². The molecule has 8 nitrogen and oxygen atoms in total. The Hall–Kier alpha value is -4.17. The maximum Gasteiger partial charge on any atom is 0.262 e. The number of methoxy groups -OCH3 is 2. The third kappa shape index (κ3) is 5.23. The van der Waals surface area contributed by atoms with E-state index in [1.807, 2.05) is 6.92 Å². The van der Waals surface area contributed by atoms with Gasteiger partial charge >= 0.3 is 0 Å². The molecular weight excluding hydrogens is 486 g/mol. The molecule has 0 unspecified atom stereocenters. The first-order chi connectivity index (χ1) is 17.4. The number of carbonyl (C=O) groups is 1. The quantitative estimate of drug-likeness (QED) is 0.316. The second kappa shape index (κ2) is 11.0. The summed E-state index contributed by atoms with van der Waals surface area (Å²) < 4.78 is 28.0. The Morgan fingerprint density at radius 3 is 2.47 bits per heavy atom. The number of para-hydroxylation sites is 2. The van der Waals surface area contributed by atoms with Gasteiger partial charge in [-0.15, -0.1) is 0 Å². The van der Waals surface area contributed by atoms with E-state index in [2.05, 4.69) is 5.32 Å². The molecule has 4 aromatic rings. The number of halogens is 1. The molecule has 4 rings (SSSR count). The fourth-order valence-corrected chi connectivity index (χ4v) is 3.80. The number of benzene rings is 3. The van der Waals surface area contributed by atoms with Gasteiger partial charge in [0.15, 0.2) is 23.9 Å². The van der Waals surface area contributed by atoms with Crippen molar-refractivity contribution < 1.29 is 28.2 Å². The molecule has 0 atom stereocenters. The van der Waals surface area contributed by atoms with Crippen molar-refractivity contribution in [3.63, 3.8) is 0 Å². The van der Waals surface area contributed by atoms with Crippen molar-refractivity contribution in [2.45, 2.75) is 6.92 Å². The normalized spacial score (nSPS) is 10.7. The largest absolute Gasteiger partial charge is 0.493 e. The minimum atomic E-state index is -0.481. The molecule has 36 heavy (non-hydrogen) atoms. The molecule has 0 saturated carbocycles. The van der Waals surface area contributed by atoms with E-state index in [0.717, 1.165) is 0 Å². The number of fused-ring (bicyclic) bond motifs is 1. The summed E-state index contributed by atoms with van der Waals surface area (Å²) in [4.78, 5) is 26.1. The topological polar surface area (TPSA) is 96.2 Å². The molecule has 0 aliphatic heterocycles. The van der Waals surface area contributed by atoms with Crippen LogP contribution in [0.1, 0.15) is 6.92 Å². The molecule has 3 aromatic carbocycles. The first-order valence-electron chi connectivity index (χ1n) is 11.1. The predicted molar refractivity (Wildman–Crippen MR) is 138 cm³/mol. The summed E-state index contributed by atoms with van der Waals surface area (Å²) in [6, 6.07) is 16.8. The van der Waals surface area contributed by atoms with E-state index in [-0.39, 0.29) is 16.9 Å². The summed E-state index contributed by atoms with van der Waals surface area (Å²) in [6.45, 7) is 1.85. The lowest BCUT2D eigenvalue weighted by molar-refractivity contribution is -0.118. The van der Waals surface area contributed by atoms with Crippen LogP contribution >= 0.6 is 11.6 Å². The number of anilines is 1. The fourth-order valence-electron chi connectivity index (χ4n) is 3.62. The van der Waals surface area contributed by atoms with Crippen LogP contribution in [0.5, 0.6) is 23.0 Å². The number of rotatable bonds is 9. The lowest BCUT2D eigenvalue weighted by Crippen LogP contribution is -2.23. The van der Waals surface area contributed by atoms with Crippen LogP contribution in [-0.2, 0) is 4.79 Å². The number of nitrogens with one attached hydrogen (secondary N) is 1. The molecule has 1 amide bonds. The highest BCUT2D eigenvalue weighted by atomic mass is 35.5. The molecule has 0 aliphatic carbocycles. The van der Waals surface area contributed by atoms with Gasteiger partial charge < -0.3 is 28.7 Å². The van der Waals surface area contributed by atoms with E-state index < -0.39 is 17.9 Å². The average molecular weight is 510 g/mol. The Morgan fingerprint density at radius 2 is 1.72 bits per heavy atom. The maximum atomic E-state index is 13.4. The predicted octanol–water partition coefficient (Wildman–Crippen LogP) is 5.55. The van der Waals surface area contributed by atoms with Crippen molar-refractivity contribution >= 4 is 34.2 Å². The van der Waals surface area contributed by atoms with Gasteiger partial charge in [0.25, 0.3) is 5.91 Å². The number of hydrogen-bond donors (Lipinski definition) is 1. The summed E-state index contributed by atoms with van der Waals surface area (Å²) in [5, 5.41) is 3.34. The SMILES string of the molecule is CCOc1ccccc1NC(=O)COc1c(-c2ccc(OC)c(OC)c2)oc2ccc(Cl)cc2c1=O. The van der Waals surface area contributed by atoms with Gasteiger partial charge in [0.2, 0.25) is 11.2 Å². The lowest BCUT2D eigenvalue weighted by Gasteiger charge is -2.14. The van der Waals surface area contributed by atoms with E-state index in [1.165, 1.54) is 20.3 Å². The molecule has 186 valence electrons. The minimum absolute atomic E-state index is 0.134. The van der Waals surface area contributed by atoms with E-state index in [4.69, 9.17) is 35.0 Å². The standard InChI is InChI=1S/C27H24ClNO7/c1-4-34-21-8-6-5-7-19(21)29-24(30)15-35-27-25(31)18-14-17(28)10-12-20(18)36-26(27)16-9-11-22(32-2)23(13-16)33-3/h5-14H,4,15H2,1-3H3,(H,29,30). The van der Waals surface area contributed by atoms with Crippen LogP contribution in [0.3, 0.4) is 0 Å². The first kappa shape index (κ1) is 24.9. The molecule has 0 fully saturated rings. The summed E-state index contributed by atoms with van der Waals surface area (Å²) in [5.74, 6) is 0.991. The molecule has 0 bridgehead atoms. The van der Waals surface area contributed by atoms with Gasteiger partial charge in [-0.2, -0.15) is 0 Å². The second-order valence-corrected chi connectivity index (χ2v) is 8.00. The number of amides is 1. The fraction of sp³-hybridized carbons (Fsp3) is 0.185. The van der Waals surface area contributed by atoms with Crippen LogP contribution in [-0.4, -0.2) is 33.3 Å². The van der Waals surface area contributed by atoms with Gasteiger partial charge in [-0.05, 0) is 55.5 Å². The number of ether oxygens (including phenoxy) is 4. The van der Waals surface area contributed by atoms with Gasteiger partial charge in [0, 0.05) is 10.6 Å². The van der Waals surface area contributed by atoms with Crippen molar-refractivity contribution in [2.75, 3.05) is 32.8 Å². The molecular formula is C27H24ClNO7. The minimum Gasteiger partial charge on any atom is -0.493 e. The van der Waals surface area contributed by atoms with Crippen LogP contribution in [0.25, 0.3) is 22.3 Å². The van der Waals surface area contributed by atoms with Crippen molar-refractivity contribution in [3.8, 4) is 34.3 Å². The van der Waals surface area contributed by atoms with Crippen molar-refractivity contribution in [2.24, 2.45) is 0 Å². The monoisotopic (exact) mass is 509 g/mol. The summed E-state index contributed by atoms with van der Waals surface area (Å²) >= 11 is 6.10. The Balaban J connectivity index is 1.71. The Bertz CT molecular complexity index is 1460. The Labute approximate surface area is 212 Å².